The fourth-order valence-electron chi connectivity index (χ4n) is 4.89. The SMILES string of the molecule is COc1cc2ncnc(Oc3ccc(NC(=S)N[N+]4(Cc5ccccc5)CCCCC4)cc3)c2cc1OC. The standard InChI is InChI=1S/C29H31N5O3S/c1-35-26-17-24-25(18-27(26)36-2)30-20-31-28(24)37-23-13-11-22(12-14-23)32-29(38)33-34(15-7-4-8-16-34)19-21-9-5-3-6-10-21/h3,5-6,9-14,17-18,20H,4,7-8,15-16,19H2,1-2H3,(H-,32,33,38)/p+1. The maximum Gasteiger partial charge on any atom is 0.230 e. The Morgan fingerprint density at radius 3 is 2.32 bits per heavy atom. The molecule has 1 aliphatic heterocycles. The lowest BCUT2D eigenvalue weighted by molar-refractivity contribution is -0.976. The molecule has 2 heterocycles. The Kier molecular flexibility index (Phi) is 7.86. The molecule has 0 amide bonds. The average Bonchev–Trinajstić information content (AvgIpc) is 2.94. The van der Waals surface area contributed by atoms with E-state index in [1.807, 2.05) is 30.3 Å². The molecule has 0 saturated carbocycles. The third-order valence-electron chi connectivity index (χ3n) is 6.77. The molecule has 1 saturated heterocycles. The fraction of sp³-hybridized carbons (Fsp3) is 0.276. The first-order valence-corrected chi connectivity index (χ1v) is 13.1. The Morgan fingerprint density at radius 2 is 1.61 bits per heavy atom. The quantitative estimate of drug-likeness (QED) is 0.217. The molecule has 2 N–H and O–H groups in total. The van der Waals surface area contributed by atoms with Gasteiger partial charge in [0, 0.05) is 17.3 Å². The van der Waals surface area contributed by atoms with E-state index in [0.717, 1.165) is 35.3 Å². The van der Waals surface area contributed by atoms with Gasteiger partial charge in [-0.05, 0) is 61.8 Å². The summed E-state index contributed by atoms with van der Waals surface area (Å²) in [6.45, 7) is 3.00. The molecule has 196 valence electrons. The summed E-state index contributed by atoms with van der Waals surface area (Å²) in [5, 5.41) is 4.68. The number of likely N-dealkylation sites (tertiary alicyclic amines) is 1. The Balaban J connectivity index is 1.27. The fourth-order valence-corrected chi connectivity index (χ4v) is 5.20. The Morgan fingerprint density at radius 1 is 0.895 bits per heavy atom. The van der Waals surface area contributed by atoms with Gasteiger partial charge in [0.05, 0.1) is 25.1 Å². The number of rotatable bonds is 8. The van der Waals surface area contributed by atoms with Crippen molar-refractivity contribution < 1.29 is 18.8 Å². The summed E-state index contributed by atoms with van der Waals surface area (Å²) in [6, 6.07) is 21.9. The van der Waals surface area contributed by atoms with Crippen molar-refractivity contribution in [3.8, 4) is 23.1 Å². The van der Waals surface area contributed by atoms with E-state index < -0.39 is 0 Å². The van der Waals surface area contributed by atoms with Crippen LogP contribution in [-0.2, 0) is 6.54 Å². The van der Waals surface area contributed by atoms with Gasteiger partial charge in [-0.2, -0.15) is 0 Å². The molecule has 1 aliphatic rings. The topological polar surface area (TPSA) is 77.5 Å². The van der Waals surface area contributed by atoms with Crippen molar-refractivity contribution in [1.29, 1.82) is 0 Å². The zero-order chi connectivity index (χ0) is 26.4. The first-order chi connectivity index (χ1) is 18.6. The second-order valence-corrected chi connectivity index (χ2v) is 9.80. The predicted octanol–water partition coefficient (Wildman–Crippen LogP) is 5.84. The number of fused-ring (bicyclic) bond motifs is 1. The molecule has 0 unspecified atom stereocenters. The highest BCUT2D eigenvalue weighted by atomic mass is 32.1. The molecule has 1 aromatic heterocycles. The minimum absolute atomic E-state index is 0.436. The minimum atomic E-state index is 0.436. The monoisotopic (exact) mass is 530 g/mol. The van der Waals surface area contributed by atoms with E-state index >= 15 is 0 Å². The lowest BCUT2D eigenvalue weighted by atomic mass is 10.1. The van der Waals surface area contributed by atoms with Gasteiger partial charge in [0.15, 0.2) is 11.5 Å². The van der Waals surface area contributed by atoms with Crippen LogP contribution in [0.4, 0.5) is 5.69 Å². The van der Waals surface area contributed by atoms with Crippen molar-refractivity contribution in [2.75, 3.05) is 32.6 Å². The van der Waals surface area contributed by atoms with Gasteiger partial charge in [-0.25, -0.2) is 20.0 Å². The summed E-state index contributed by atoms with van der Waals surface area (Å²) in [7, 11) is 3.19. The van der Waals surface area contributed by atoms with Gasteiger partial charge in [-0.3, -0.25) is 0 Å². The Bertz CT molecular complexity index is 1390. The van der Waals surface area contributed by atoms with E-state index in [-0.39, 0.29) is 0 Å². The number of nitrogens with zero attached hydrogens (tertiary/aromatic N) is 3. The molecule has 0 aliphatic carbocycles. The van der Waals surface area contributed by atoms with Gasteiger partial charge in [-0.1, -0.05) is 30.3 Å². The summed E-state index contributed by atoms with van der Waals surface area (Å²) in [6.07, 6.45) is 5.11. The van der Waals surface area contributed by atoms with Crippen molar-refractivity contribution in [2.24, 2.45) is 0 Å². The van der Waals surface area contributed by atoms with Crippen LogP contribution in [-0.4, -0.2) is 47.0 Å². The van der Waals surface area contributed by atoms with Crippen LogP contribution < -0.4 is 25.0 Å². The normalized spacial score (nSPS) is 14.5. The lowest BCUT2D eigenvalue weighted by Crippen LogP contribution is -2.62. The maximum atomic E-state index is 6.10. The van der Waals surface area contributed by atoms with E-state index in [1.54, 1.807) is 20.3 Å². The Hall–Kier alpha value is -3.95. The maximum absolute atomic E-state index is 6.10. The molecule has 1 fully saturated rings. The summed E-state index contributed by atoms with van der Waals surface area (Å²) in [5.41, 5.74) is 6.50. The zero-order valence-corrected chi connectivity index (χ0v) is 22.5. The first-order valence-electron chi connectivity index (χ1n) is 12.7. The zero-order valence-electron chi connectivity index (χ0n) is 21.6. The number of hydrogen-bond donors (Lipinski definition) is 2. The number of methoxy groups -OCH3 is 2. The number of ether oxygens (including phenoxy) is 3. The predicted molar refractivity (Wildman–Crippen MR) is 153 cm³/mol. The minimum Gasteiger partial charge on any atom is -0.493 e. The van der Waals surface area contributed by atoms with E-state index in [9.17, 15) is 0 Å². The summed E-state index contributed by atoms with van der Waals surface area (Å²) in [4.78, 5) is 8.67. The van der Waals surface area contributed by atoms with Crippen LogP contribution in [0.15, 0.2) is 73.1 Å². The number of nitrogens with one attached hydrogen (secondary N) is 2. The average molecular weight is 531 g/mol. The summed E-state index contributed by atoms with van der Waals surface area (Å²) < 4.78 is 17.7. The second kappa shape index (κ2) is 11.6. The number of hydrogen-bond acceptors (Lipinski definition) is 6. The van der Waals surface area contributed by atoms with Gasteiger partial charge in [0.2, 0.25) is 11.0 Å². The van der Waals surface area contributed by atoms with Crippen LogP contribution in [0.5, 0.6) is 23.1 Å². The summed E-state index contributed by atoms with van der Waals surface area (Å²) in [5.74, 6) is 2.27. The summed E-state index contributed by atoms with van der Waals surface area (Å²) >= 11 is 5.73. The van der Waals surface area contributed by atoms with Crippen LogP contribution >= 0.6 is 12.2 Å². The molecule has 3 aromatic carbocycles. The molecule has 38 heavy (non-hydrogen) atoms. The van der Waals surface area contributed by atoms with Crippen LogP contribution in [0.3, 0.4) is 0 Å². The molecule has 5 rings (SSSR count). The van der Waals surface area contributed by atoms with Gasteiger partial charge in [0.25, 0.3) is 0 Å². The smallest absolute Gasteiger partial charge is 0.230 e. The molecular weight excluding hydrogens is 498 g/mol. The molecule has 8 nitrogen and oxygen atoms in total. The van der Waals surface area contributed by atoms with Crippen molar-refractivity contribution in [3.63, 3.8) is 0 Å². The molecule has 9 heteroatoms. The lowest BCUT2D eigenvalue weighted by Gasteiger charge is -2.41. The van der Waals surface area contributed by atoms with E-state index in [0.29, 0.717) is 33.8 Å². The largest absolute Gasteiger partial charge is 0.493 e. The molecule has 0 bridgehead atoms. The second-order valence-electron chi connectivity index (χ2n) is 9.39. The van der Waals surface area contributed by atoms with Crippen molar-refractivity contribution in [1.82, 2.24) is 15.4 Å². The number of aromatic nitrogens is 2. The van der Waals surface area contributed by atoms with E-state index in [2.05, 4.69) is 51.0 Å². The third kappa shape index (κ3) is 5.95. The highest BCUT2D eigenvalue weighted by Crippen LogP contribution is 2.35. The van der Waals surface area contributed by atoms with Crippen molar-refractivity contribution >= 4 is 33.9 Å². The Labute approximate surface area is 228 Å². The van der Waals surface area contributed by atoms with Crippen molar-refractivity contribution in [2.45, 2.75) is 25.8 Å². The number of benzene rings is 3. The van der Waals surface area contributed by atoms with Gasteiger partial charge < -0.3 is 19.5 Å². The van der Waals surface area contributed by atoms with Crippen LogP contribution in [0.1, 0.15) is 24.8 Å². The van der Waals surface area contributed by atoms with Gasteiger partial charge in [0.1, 0.15) is 31.7 Å². The van der Waals surface area contributed by atoms with Gasteiger partial charge >= 0.3 is 0 Å². The number of quaternary nitrogens is 1. The number of piperidine rings is 1. The van der Waals surface area contributed by atoms with Crippen LogP contribution in [0.2, 0.25) is 0 Å². The molecule has 0 spiro atoms. The van der Waals surface area contributed by atoms with E-state index in [1.165, 1.54) is 31.2 Å². The molecular formula is C29H32N5O3S+. The molecule has 0 atom stereocenters. The highest BCUT2D eigenvalue weighted by molar-refractivity contribution is 7.80. The molecule has 0 radical (unpaired) electrons. The molecule has 4 aromatic rings. The highest BCUT2D eigenvalue weighted by Gasteiger charge is 2.32. The number of thiocarbonyl (C=S) groups is 1. The van der Waals surface area contributed by atoms with Gasteiger partial charge in [-0.15, -0.1) is 0 Å². The van der Waals surface area contributed by atoms with E-state index in [4.69, 9.17) is 26.4 Å². The third-order valence-corrected chi connectivity index (χ3v) is 6.96. The number of anilines is 1. The van der Waals surface area contributed by atoms with Crippen LogP contribution in [0.25, 0.3) is 10.9 Å². The first kappa shape index (κ1) is 25.7. The van der Waals surface area contributed by atoms with Crippen molar-refractivity contribution in [3.05, 3.63) is 78.6 Å². The van der Waals surface area contributed by atoms with Crippen LogP contribution in [0, 0.1) is 0 Å².